The van der Waals surface area contributed by atoms with Crippen LogP contribution in [0.2, 0.25) is 0 Å². The van der Waals surface area contributed by atoms with Crippen molar-refractivity contribution >= 4 is 12.0 Å². The van der Waals surface area contributed by atoms with Crippen molar-refractivity contribution in [3.63, 3.8) is 0 Å². The van der Waals surface area contributed by atoms with E-state index in [1.807, 2.05) is 43.3 Å². The minimum absolute atomic E-state index is 0.114. The van der Waals surface area contributed by atoms with Crippen LogP contribution in [0.3, 0.4) is 0 Å². The summed E-state index contributed by atoms with van der Waals surface area (Å²) in [5.41, 5.74) is 2.93. The van der Waals surface area contributed by atoms with Crippen molar-refractivity contribution in [2.24, 2.45) is 0 Å². The smallest absolute Gasteiger partial charge is 0.244 e. The first-order chi connectivity index (χ1) is 9.28. The normalized spacial score (nSPS) is 10.8. The first-order valence-electron chi connectivity index (χ1n) is 6.32. The number of amides is 1. The molecule has 0 fully saturated rings. The number of aryl methyl sites for hydroxylation is 1. The van der Waals surface area contributed by atoms with Gasteiger partial charge in [0.15, 0.2) is 0 Å². The van der Waals surface area contributed by atoms with Crippen molar-refractivity contribution in [2.45, 2.75) is 19.9 Å². The van der Waals surface area contributed by atoms with Crippen LogP contribution >= 0.6 is 0 Å². The molecule has 0 radical (unpaired) electrons. The van der Waals surface area contributed by atoms with E-state index < -0.39 is 0 Å². The van der Waals surface area contributed by atoms with Crippen molar-refractivity contribution in [1.82, 2.24) is 15.5 Å². The van der Waals surface area contributed by atoms with Gasteiger partial charge in [0.2, 0.25) is 5.91 Å². The highest BCUT2D eigenvalue weighted by molar-refractivity contribution is 5.91. The number of H-pyrrole nitrogens is 1. The van der Waals surface area contributed by atoms with Crippen molar-refractivity contribution in [2.75, 3.05) is 0 Å². The lowest BCUT2D eigenvalue weighted by molar-refractivity contribution is -0.116. The Hall–Kier alpha value is -2.36. The van der Waals surface area contributed by atoms with Crippen LogP contribution in [0.15, 0.2) is 42.5 Å². The Labute approximate surface area is 112 Å². The molecule has 0 saturated heterocycles. The summed E-state index contributed by atoms with van der Waals surface area (Å²) in [5, 5.41) is 9.82. The van der Waals surface area contributed by atoms with Crippen LogP contribution in [0.4, 0.5) is 0 Å². The molecule has 1 amide bonds. The van der Waals surface area contributed by atoms with Crippen LogP contribution in [-0.2, 0) is 17.8 Å². The SMILES string of the molecule is CCc1cc(CNC(=O)C=Cc2ccccc2)[nH]n1. The van der Waals surface area contributed by atoms with E-state index in [0.717, 1.165) is 23.4 Å². The number of aromatic amines is 1. The zero-order valence-corrected chi connectivity index (χ0v) is 10.9. The number of carbonyl (C=O) groups excluding carboxylic acids is 1. The topological polar surface area (TPSA) is 57.8 Å². The predicted molar refractivity (Wildman–Crippen MR) is 75.3 cm³/mol. The van der Waals surface area contributed by atoms with E-state index in [0.29, 0.717) is 6.54 Å². The molecule has 0 unspecified atom stereocenters. The lowest BCUT2D eigenvalue weighted by atomic mass is 10.2. The molecule has 0 spiro atoms. The van der Waals surface area contributed by atoms with Crippen LogP contribution in [0.1, 0.15) is 23.9 Å². The fourth-order valence-electron chi connectivity index (χ4n) is 1.66. The van der Waals surface area contributed by atoms with Gasteiger partial charge in [-0.25, -0.2) is 0 Å². The molecular formula is C15H17N3O. The van der Waals surface area contributed by atoms with Gasteiger partial charge in [-0.1, -0.05) is 37.3 Å². The molecule has 4 nitrogen and oxygen atoms in total. The Balaban J connectivity index is 1.83. The molecule has 0 aliphatic rings. The van der Waals surface area contributed by atoms with E-state index in [4.69, 9.17) is 0 Å². The van der Waals surface area contributed by atoms with E-state index in [1.54, 1.807) is 6.08 Å². The summed E-state index contributed by atoms with van der Waals surface area (Å²) < 4.78 is 0. The Morgan fingerprint density at radius 2 is 2.16 bits per heavy atom. The van der Waals surface area contributed by atoms with Gasteiger partial charge in [-0.15, -0.1) is 0 Å². The second-order valence-electron chi connectivity index (χ2n) is 4.20. The lowest BCUT2D eigenvalue weighted by Crippen LogP contribution is -2.20. The first-order valence-corrected chi connectivity index (χ1v) is 6.32. The molecule has 98 valence electrons. The van der Waals surface area contributed by atoms with Crippen LogP contribution in [-0.4, -0.2) is 16.1 Å². The third-order valence-corrected chi connectivity index (χ3v) is 2.73. The van der Waals surface area contributed by atoms with E-state index in [1.165, 1.54) is 6.08 Å². The van der Waals surface area contributed by atoms with E-state index in [-0.39, 0.29) is 5.91 Å². The van der Waals surface area contributed by atoms with Crippen LogP contribution in [0, 0.1) is 0 Å². The quantitative estimate of drug-likeness (QED) is 0.805. The summed E-state index contributed by atoms with van der Waals surface area (Å²) in [5.74, 6) is -0.114. The van der Waals surface area contributed by atoms with Gasteiger partial charge in [-0.3, -0.25) is 9.89 Å². The zero-order chi connectivity index (χ0) is 13.5. The van der Waals surface area contributed by atoms with Gasteiger partial charge in [0.1, 0.15) is 0 Å². The summed E-state index contributed by atoms with van der Waals surface area (Å²) in [6.07, 6.45) is 4.21. The molecule has 2 N–H and O–H groups in total. The van der Waals surface area contributed by atoms with Crippen molar-refractivity contribution in [1.29, 1.82) is 0 Å². The minimum Gasteiger partial charge on any atom is -0.347 e. The van der Waals surface area contributed by atoms with Crippen LogP contribution in [0.25, 0.3) is 6.08 Å². The Bertz CT molecular complexity index is 558. The summed E-state index contributed by atoms with van der Waals surface area (Å²) in [7, 11) is 0. The molecule has 0 saturated carbocycles. The Morgan fingerprint density at radius 1 is 1.37 bits per heavy atom. The molecule has 4 heteroatoms. The lowest BCUT2D eigenvalue weighted by Gasteiger charge is -1.98. The summed E-state index contributed by atoms with van der Waals surface area (Å²) in [4.78, 5) is 11.6. The summed E-state index contributed by atoms with van der Waals surface area (Å²) in [6, 6.07) is 11.7. The van der Waals surface area contributed by atoms with Crippen molar-refractivity contribution in [3.8, 4) is 0 Å². The van der Waals surface area contributed by atoms with Crippen molar-refractivity contribution < 1.29 is 4.79 Å². The standard InChI is InChI=1S/C15H17N3O/c1-2-13-10-14(18-17-13)11-16-15(19)9-8-12-6-4-3-5-7-12/h3-10H,2,11H2,1H3,(H,16,19)(H,17,18). The molecule has 1 aromatic carbocycles. The fraction of sp³-hybridized carbons (Fsp3) is 0.200. The fourth-order valence-corrected chi connectivity index (χ4v) is 1.66. The maximum Gasteiger partial charge on any atom is 0.244 e. The molecule has 0 atom stereocenters. The van der Waals surface area contributed by atoms with Crippen LogP contribution < -0.4 is 5.32 Å². The van der Waals surface area contributed by atoms with Gasteiger partial charge in [0.05, 0.1) is 17.9 Å². The maximum absolute atomic E-state index is 11.6. The zero-order valence-electron chi connectivity index (χ0n) is 10.9. The molecule has 1 heterocycles. The van der Waals surface area contributed by atoms with Gasteiger partial charge >= 0.3 is 0 Å². The number of nitrogens with zero attached hydrogens (tertiary/aromatic N) is 1. The first kappa shape index (κ1) is 13.1. The highest BCUT2D eigenvalue weighted by atomic mass is 16.1. The van der Waals surface area contributed by atoms with Crippen LogP contribution in [0.5, 0.6) is 0 Å². The van der Waals surface area contributed by atoms with Gasteiger partial charge in [0.25, 0.3) is 0 Å². The van der Waals surface area contributed by atoms with E-state index in [9.17, 15) is 4.79 Å². The third kappa shape index (κ3) is 4.10. The number of nitrogens with one attached hydrogen (secondary N) is 2. The molecule has 0 bridgehead atoms. The largest absolute Gasteiger partial charge is 0.347 e. The second-order valence-corrected chi connectivity index (χ2v) is 4.20. The van der Waals surface area contributed by atoms with Gasteiger partial charge in [-0.2, -0.15) is 5.10 Å². The Kier molecular flexibility index (Phi) is 4.50. The number of carbonyl (C=O) groups is 1. The van der Waals surface area contributed by atoms with E-state index in [2.05, 4.69) is 15.5 Å². The number of aromatic nitrogens is 2. The third-order valence-electron chi connectivity index (χ3n) is 2.73. The summed E-state index contributed by atoms with van der Waals surface area (Å²) in [6.45, 7) is 2.51. The van der Waals surface area contributed by atoms with Crippen molar-refractivity contribution in [3.05, 3.63) is 59.4 Å². The molecular weight excluding hydrogens is 238 g/mol. The van der Waals surface area contributed by atoms with Gasteiger partial charge < -0.3 is 5.32 Å². The predicted octanol–water partition coefficient (Wildman–Crippen LogP) is 2.30. The second kappa shape index (κ2) is 6.54. The molecule has 2 aromatic rings. The summed E-state index contributed by atoms with van der Waals surface area (Å²) >= 11 is 0. The number of hydrogen-bond donors (Lipinski definition) is 2. The van der Waals surface area contributed by atoms with E-state index >= 15 is 0 Å². The molecule has 0 aliphatic carbocycles. The maximum atomic E-state index is 11.6. The molecule has 0 aliphatic heterocycles. The number of hydrogen-bond acceptors (Lipinski definition) is 2. The van der Waals surface area contributed by atoms with Gasteiger partial charge in [0, 0.05) is 6.08 Å². The molecule has 2 rings (SSSR count). The molecule has 1 aromatic heterocycles. The highest BCUT2D eigenvalue weighted by Crippen LogP contribution is 2.01. The average Bonchev–Trinajstić information content (AvgIpc) is 2.92. The minimum atomic E-state index is -0.114. The van der Waals surface area contributed by atoms with Gasteiger partial charge in [-0.05, 0) is 24.1 Å². The Morgan fingerprint density at radius 3 is 2.84 bits per heavy atom. The highest BCUT2D eigenvalue weighted by Gasteiger charge is 2.00. The number of rotatable bonds is 5. The monoisotopic (exact) mass is 255 g/mol. The average molecular weight is 255 g/mol. The molecule has 19 heavy (non-hydrogen) atoms. The number of benzene rings is 1.